The van der Waals surface area contributed by atoms with Crippen LogP contribution in [0.5, 0.6) is 5.75 Å². The zero-order chi connectivity index (χ0) is 17.0. The minimum atomic E-state index is -0.297. The third-order valence-corrected chi connectivity index (χ3v) is 5.38. The van der Waals surface area contributed by atoms with E-state index in [1.807, 2.05) is 18.2 Å². The molecule has 3 N–H and O–H groups in total. The van der Waals surface area contributed by atoms with Gasteiger partial charge in [-0.3, -0.25) is 10.2 Å². The van der Waals surface area contributed by atoms with Gasteiger partial charge in [0.15, 0.2) is 0 Å². The van der Waals surface area contributed by atoms with Crippen molar-refractivity contribution in [3.05, 3.63) is 29.8 Å². The molecule has 1 aromatic rings. The lowest BCUT2D eigenvalue weighted by atomic mass is 9.86. The van der Waals surface area contributed by atoms with Gasteiger partial charge in [0.25, 0.3) is 0 Å². The first-order chi connectivity index (χ1) is 11.7. The molecule has 24 heavy (non-hydrogen) atoms. The number of nitrogens with one attached hydrogen (secondary N) is 3. The van der Waals surface area contributed by atoms with E-state index in [1.54, 1.807) is 7.11 Å². The topological polar surface area (TPSA) is 62.4 Å². The van der Waals surface area contributed by atoms with Crippen LogP contribution < -0.4 is 20.9 Å². The molecule has 1 aromatic carbocycles. The number of hydrogen-bond acceptors (Lipinski definition) is 4. The lowest BCUT2D eigenvalue weighted by molar-refractivity contribution is -0.125. The molecule has 0 aromatic heterocycles. The van der Waals surface area contributed by atoms with Crippen LogP contribution in [0.3, 0.4) is 0 Å². The number of ether oxygens (including phenoxy) is 1. The Morgan fingerprint density at radius 1 is 1.29 bits per heavy atom. The highest BCUT2D eigenvalue weighted by molar-refractivity contribution is 5.83. The zero-order valence-electron chi connectivity index (χ0n) is 14.7. The lowest BCUT2D eigenvalue weighted by Crippen LogP contribution is -2.51. The van der Waals surface area contributed by atoms with Crippen LogP contribution >= 0.6 is 0 Å². The molecule has 5 nitrogen and oxygen atoms in total. The summed E-state index contributed by atoms with van der Waals surface area (Å²) in [5.74, 6) is 0.954. The molecule has 2 fully saturated rings. The van der Waals surface area contributed by atoms with Crippen molar-refractivity contribution < 1.29 is 9.53 Å². The van der Waals surface area contributed by atoms with Gasteiger partial charge in [0.2, 0.25) is 5.91 Å². The van der Waals surface area contributed by atoms with Crippen molar-refractivity contribution in [3.8, 4) is 5.75 Å². The Labute approximate surface area is 144 Å². The zero-order valence-corrected chi connectivity index (χ0v) is 14.7. The van der Waals surface area contributed by atoms with Gasteiger partial charge in [-0.25, -0.2) is 5.43 Å². The van der Waals surface area contributed by atoms with E-state index in [2.05, 4.69) is 29.2 Å². The number of hydrazine groups is 1. The van der Waals surface area contributed by atoms with Gasteiger partial charge in [-0.2, -0.15) is 0 Å². The van der Waals surface area contributed by atoms with Crippen LogP contribution in [-0.4, -0.2) is 25.1 Å². The van der Waals surface area contributed by atoms with Gasteiger partial charge < -0.3 is 10.1 Å². The Balaban J connectivity index is 1.76. The van der Waals surface area contributed by atoms with Gasteiger partial charge in [0.05, 0.1) is 12.6 Å². The molecule has 1 saturated carbocycles. The van der Waals surface area contributed by atoms with Crippen LogP contribution in [0, 0.1) is 0 Å². The quantitative estimate of drug-likeness (QED) is 0.750. The van der Waals surface area contributed by atoms with Crippen molar-refractivity contribution in [1.29, 1.82) is 0 Å². The summed E-state index contributed by atoms with van der Waals surface area (Å²) in [6, 6.07) is 8.30. The minimum Gasteiger partial charge on any atom is -0.496 e. The Morgan fingerprint density at radius 2 is 2.04 bits per heavy atom. The average molecular weight is 331 g/mol. The van der Waals surface area contributed by atoms with Crippen molar-refractivity contribution in [3.63, 3.8) is 0 Å². The second-order valence-corrected chi connectivity index (χ2v) is 7.04. The molecule has 2 unspecified atom stereocenters. The number of methoxy groups -OCH3 is 1. The van der Waals surface area contributed by atoms with Crippen LogP contribution in [-0.2, 0) is 10.3 Å². The molecule has 1 amide bonds. The largest absolute Gasteiger partial charge is 0.496 e. The predicted molar refractivity (Wildman–Crippen MR) is 94.7 cm³/mol. The predicted octanol–water partition coefficient (Wildman–Crippen LogP) is 2.62. The molecule has 1 saturated heterocycles. The lowest BCUT2D eigenvalue weighted by Gasteiger charge is -2.33. The fraction of sp³-hybridized carbons (Fsp3) is 0.632. The molecule has 1 aliphatic heterocycles. The summed E-state index contributed by atoms with van der Waals surface area (Å²) >= 11 is 0. The highest BCUT2D eigenvalue weighted by Gasteiger charge is 2.41. The number of hydrogen-bond donors (Lipinski definition) is 3. The monoisotopic (exact) mass is 331 g/mol. The normalized spacial score (nSPS) is 25.6. The van der Waals surface area contributed by atoms with E-state index in [0.29, 0.717) is 6.04 Å². The van der Waals surface area contributed by atoms with Gasteiger partial charge >= 0.3 is 0 Å². The fourth-order valence-corrected chi connectivity index (χ4v) is 4.14. The van der Waals surface area contributed by atoms with Crippen LogP contribution in [0.15, 0.2) is 24.3 Å². The summed E-state index contributed by atoms with van der Waals surface area (Å²) in [4.78, 5) is 12.9. The maximum atomic E-state index is 12.9. The summed E-state index contributed by atoms with van der Waals surface area (Å²) in [6.07, 6.45) is 7.27. The molecule has 2 aliphatic rings. The van der Waals surface area contributed by atoms with Crippen LogP contribution in [0.25, 0.3) is 0 Å². The average Bonchev–Trinajstić information content (AvgIpc) is 3.25. The van der Waals surface area contributed by atoms with Crippen LogP contribution in [0.1, 0.15) is 57.4 Å². The molecule has 132 valence electrons. The maximum Gasteiger partial charge on any atom is 0.239 e. The number of rotatable bonds is 6. The Hall–Kier alpha value is -1.59. The van der Waals surface area contributed by atoms with Gasteiger partial charge in [-0.15, -0.1) is 0 Å². The van der Waals surface area contributed by atoms with E-state index in [-0.39, 0.29) is 17.5 Å². The summed E-state index contributed by atoms with van der Waals surface area (Å²) in [5.41, 5.74) is 7.23. The van der Waals surface area contributed by atoms with Gasteiger partial charge in [0, 0.05) is 11.6 Å². The number of benzene rings is 1. The smallest absolute Gasteiger partial charge is 0.239 e. The minimum absolute atomic E-state index is 0.0916. The highest BCUT2D eigenvalue weighted by atomic mass is 16.5. The summed E-state index contributed by atoms with van der Waals surface area (Å²) in [7, 11) is 1.70. The summed E-state index contributed by atoms with van der Waals surface area (Å²) < 4.78 is 5.56. The fourth-order valence-electron chi connectivity index (χ4n) is 4.14. The molecule has 1 heterocycles. The molecule has 1 aliphatic carbocycles. The summed E-state index contributed by atoms with van der Waals surface area (Å²) in [6.45, 7) is 2.17. The van der Waals surface area contributed by atoms with Crippen molar-refractivity contribution >= 4 is 5.91 Å². The Morgan fingerprint density at radius 3 is 2.75 bits per heavy atom. The molecule has 5 heteroatoms. The van der Waals surface area contributed by atoms with E-state index >= 15 is 0 Å². The van der Waals surface area contributed by atoms with Gasteiger partial charge in [-0.05, 0) is 31.7 Å². The van der Waals surface area contributed by atoms with E-state index in [4.69, 9.17) is 4.74 Å². The summed E-state index contributed by atoms with van der Waals surface area (Å²) in [5, 5.41) is 3.37. The SMILES string of the molecule is CCCC1CC(C(=O)NC2(c3ccccc3OC)CCCC2)NN1. The Bertz CT molecular complexity index is 569. The van der Waals surface area contributed by atoms with E-state index in [0.717, 1.165) is 56.3 Å². The first-order valence-corrected chi connectivity index (χ1v) is 9.15. The second kappa shape index (κ2) is 7.53. The van der Waals surface area contributed by atoms with E-state index < -0.39 is 0 Å². The van der Waals surface area contributed by atoms with Crippen LogP contribution in [0.2, 0.25) is 0 Å². The molecule has 0 bridgehead atoms. The van der Waals surface area contributed by atoms with Crippen molar-refractivity contribution in [1.82, 2.24) is 16.2 Å². The number of carbonyl (C=O) groups is 1. The number of para-hydroxylation sites is 1. The third kappa shape index (κ3) is 3.42. The Kier molecular flexibility index (Phi) is 5.41. The molecule has 2 atom stereocenters. The molecule has 0 radical (unpaired) electrons. The highest BCUT2D eigenvalue weighted by Crippen LogP contribution is 2.42. The molecular weight excluding hydrogens is 302 g/mol. The van der Waals surface area contributed by atoms with Crippen molar-refractivity contribution in [2.24, 2.45) is 0 Å². The standard InChI is InChI=1S/C19H29N3O2/c1-3-8-14-13-16(22-21-14)18(23)20-19(11-6-7-12-19)15-9-4-5-10-17(15)24-2/h4-5,9-10,14,16,21-22H,3,6-8,11-13H2,1-2H3,(H,20,23). The van der Waals surface area contributed by atoms with Crippen molar-refractivity contribution in [2.45, 2.75) is 69.5 Å². The van der Waals surface area contributed by atoms with E-state index in [9.17, 15) is 4.79 Å². The molecule has 0 spiro atoms. The van der Waals surface area contributed by atoms with Gasteiger partial charge in [-0.1, -0.05) is 44.4 Å². The van der Waals surface area contributed by atoms with Crippen LogP contribution in [0.4, 0.5) is 0 Å². The van der Waals surface area contributed by atoms with Gasteiger partial charge in [0.1, 0.15) is 11.8 Å². The maximum absolute atomic E-state index is 12.9. The number of amides is 1. The van der Waals surface area contributed by atoms with E-state index in [1.165, 1.54) is 0 Å². The van der Waals surface area contributed by atoms with Crippen molar-refractivity contribution in [2.75, 3.05) is 7.11 Å². The first kappa shape index (κ1) is 17.2. The number of carbonyl (C=O) groups excluding carboxylic acids is 1. The molecule has 3 rings (SSSR count). The first-order valence-electron chi connectivity index (χ1n) is 9.15. The third-order valence-electron chi connectivity index (χ3n) is 5.38. The second-order valence-electron chi connectivity index (χ2n) is 7.04. The molecular formula is C19H29N3O2.